The van der Waals surface area contributed by atoms with Crippen molar-refractivity contribution in [3.63, 3.8) is 0 Å². The normalized spacial score (nSPS) is 20.5. The van der Waals surface area contributed by atoms with E-state index in [4.69, 9.17) is 16.7 Å². The van der Waals surface area contributed by atoms with Gasteiger partial charge in [-0.3, -0.25) is 9.59 Å². The zero-order valence-corrected chi connectivity index (χ0v) is 14.4. The van der Waals surface area contributed by atoms with Crippen molar-refractivity contribution in [2.45, 2.75) is 31.7 Å². The predicted octanol–water partition coefficient (Wildman–Crippen LogP) is 3.84. The molecule has 7 heteroatoms. The Bertz CT molecular complexity index is 754. The Morgan fingerprint density at radius 3 is 2.67 bits per heavy atom. The zero-order valence-electron chi connectivity index (χ0n) is 12.9. The van der Waals surface area contributed by atoms with Crippen molar-refractivity contribution in [3.05, 3.63) is 40.4 Å². The van der Waals surface area contributed by atoms with Crippen LogP contribution in [0.1, 0.15) is 36.2 Å². The molecule has 0 atom stereocenters. The number of nitrogens with zero attached hydrogens (tertiary/aromatic N) is 1. The highest BCUT2D eigenvalue weighted by Crippen LogP contribution is 2.27. The van der Waals surface area contributed by atoms with Crippen LogP contribution in [0.25, 0.3) is 10.6 Å². The third-order valence-corrected chi connectivity index (χ3v) is 5.35. The SMILES string of the molecule is O=C(NC1CCC(C(=O)O)CC1)c1csc(-c2cccc(Cl)c2)n1. The minimum absolute atomic E-state index is 0.0180. The Hall–Kier alpha value is -1.92. The summed E-state index contributed by atoms with van der Waals surface area (Å²) >= 11 is 7.38. The van der Waals surface area contributed by atoms with Gasteiger partial charge in [0.25, 0.3) is 5.91 Å². The first-order valence-electron chi connectivity index (χ1n) is 7.78. The van der Waals surface area contributed by atoms with Crippen molar-refractivity contribution in [2.75, 3.05) is 0 Å². The molecule has 0 unspecified atom stereocenters. The number of halogens is 1. The molecule has 0 aliphatic heterocycles. The molecule has 126 valence electrons. The number of carboxylic acid groups (broad SMARTS) is 1. The van der Waals surface area contributed by atoms with E-state index in [1.165, 1.54) is 11.3 Å². The fourth-order valence-corrected chi connectivity index (χ4v) is 3.86. The van der Waals surface area contributed by atoms with Crippen LogP contribution in [0.2, 0.25) is 5.02 Å². The van der Waals surface area contributed by atoms with Crippen molar-refractivity contribution in [1.29, 1.82) is 0 Å². The van der Waals surface area contributed by atoms with Gasteiger partial charge in [-0.25, -0.2) is 4.98 Å². The Labute approximate surface area is 148 Å². The molecule has 5 nitrogen and oxygen atoms in total. The van der Waals surface area contributed by atoms with Gasteiger partial charge in [-0.05, 0) is 37.8 Å². The second-order valence-corrected chi connectivity index (χ2v) is 7.20. The van der Waals surface area contributed by atoms with E-state index in [1.54, 1.807) is 11.4 Å². The fourth-order valence-electron chi connectivity index (χ4n) is 2.88. The number of carbonyl (C=O) groups is 2. The van der Waals surface area contributed by atoms with E-state index in [0.717, 1.165) is 10.6 Å². The molecule has 1 aromatic carbocycles. The van der Waals surface area contributed by atoms with Crippen molar-refractivity contribution in [3.8, 4) is 10.6 Å². The summed E-state index contributed by atoms with van der Waals surface area (Å²) in [7, 11) is 0. The lowest BCUT2D eigenvalue weighted by molar-refractivity contribution is -0.142. The molecule has 0 radical (unpaired) electrons. The largest absolute Gasteiger partial charge is 0.481 e. The number of rotatable bonds is 4. The van der Waals surface area contributed by atoms with Crippen LogP contribution in [0, 0.1) is 5.92 Å². The second kappa shape index (κ2) is 7.32. The van der Waals surface area contributed by atoms with E-state index in [9.17, 15) is 9.59 Å². The maximum Gasteiger partial charge on any atom is 0.306 e. The molecule has 1 saturated carbocycles. The first kappa shape index (κ1) is 16.9. The number of carbonyl (C=O) groups excluding carboxylic acids is 1. The van der Waals surface area contributed by atoms with Crippen LogP contribution in [-0.4, -0.2) is 28.0 Å². The van der Waals surface area contributed by atoms with E-state index >= 15 is 0 Å². The lowest BCUT2D eigenvalue weighted by Crippen LogP contribution is -2.38. The van der Waals surface area contributed by atoms with Crippen LogP contribution in [0.15, 0.2) is 29.6 Å². The minimum atomic E-state index is -0.745. The van der Waals surface area contributed by atoms with E-state index < -0.39 is 5.97 Å². The Morgan fingerprint density at radius 1 is 1.25 bits per heavy atom. The van der Waals surface area contributed by atoms with Gasteiger partial charge in [0.05, 0.1) is 5.92 Å². The average molecular weight is 365 g/mol. The van der Waals surface area contributed by atoms with Crippen LogP contribution in [0.5, 0.6) is 0 Å². The summed E-state index contributed by atoms with van der Waals surface area (Å²) in [5, 5.41) is 15.1. The molecule has 0 spiro atoms. The minimum Gasteiger partial charge on any atom is -0.481 e. The summed E-state index contributed by atoms with van der Waals surface area (Å²) in [4.78, 5) is 27.7. The average Bonchev–Trinajstić information content (AvgIpc) is 3.05. The lowest BCUT2D eigenvalue weighted by Gasteiger charge is -2.26. The van der Waals surface area contributed by atoms with Crippen LogP contribution < -0.4 is 5.32 Å². The Morgan fingerprint density at radius 2 is 2.00 bits per heavy atom. The maximum absolute atomic E-state index is 12.3. The summed E-state index contributed by atoms with van der Waals surface area (Å²) in [5.41, 5.74) is 1.27. The van der Waals surface area contributed by atoms with E-state index in [-0.39, 0.29) is 17.9 Å². The van der Waals surface area contributed by atoms with Gasteiger partial charge in [0.2, 0.25) is 0 Å². The molecule has 1 aliphatic rings. The maximum atomic E-state index is 12.3. The molecule has 1 aliphatic carbocycles. The zero-order chi connectivity index (χ0) is 17.1. The number of carboxylic acids is 1. The van der Waals surface area contributed by atoms with Gasteiger partial charge < -0.3 is 10.4 Å². The molecule has 1 fully saturated rings. The number of amides is 1. The van der Waals surface area contributed by atoms with Crippen LogP contribution in [0.3, 0.4) is 0 Å². The fraction of sp³-hybridized carbons (Fsp3) is 0.353. The number of aromatic nitrogens is 1. The first-order chi connectivity index (χ1) is 11.5. The van der Waals surface area contributed by atoms with E-state index in [1.807, 2.05) is 18.2 Å². The number of thiazole rings is 1. The molecule has 24 heavy (non-hydrogen) atoms. The lowest BCUT2D eigenvalue weighted by atomic mass is 9.86. The molecule has 0 saturated heterocycles. The monoisotopic (exact) mass is 364 g/mol. The highest BCUT2D eigenvalue weighted by Gasteiger charge is 2.27. The van der Waals surface area contributed by atoms with Gasteiger partial charge in [0.15, 0.2) is 0 Å². The van der Waals surface area contributed by atoms with Crippen molar-refractivity contribution in [1.82, 2.24) is 10.3 Å². The standard InChI is InChI=1S/C17H17ClN2O3S/c18-12-3-1-2-11(8-12)16-20-14(9-24-16)15(21)19-13-6-4-10(5-7-13)17(22)23/h1-3,8-10,13H,4-7H2,(H,19,21)(H,22,23). The number of benzene rings is 1. The van der Waals surface area contributed by atoms with Gasteiger partial charge in [-0.1, -0.05) is 23.7 Å². The van der Waals surface area contributed by atoms with Crippen molar-refractivity contribution >= 4 is 34.8 Å². The van der Waals surface area contributed by atoms with E-state index in [0.29, 0.717) is 36.4 Å². The molecule has 1 heterocycles. The summed E-state index contributed by atoms with van der Waals surface area (Å²) in [5.74, 6) is -1.24. The highest BCUT2D eigenvalue weighted by atomic mass is 35.5. The predicted molar refractivity (Wildman–Crippen MR) is 93.4 cm³/mol. The Kier molecular flexibility index (Phi) is 5.16. The van der Waals surface area contributed by atoms with Gasteiger partial charge in [-0.15, -0.1) is 11.3 Å². The molecule has 1 aromatic heterocycles. The number of nitrogens with one attached hydrogen (secondary N) is 1. The van der Waals surface area contributed by atoms with Gasteiger partial charge >= 0.3 is 5.97 Å². The van der Waals surface area contributed by atoms with Crippen molar-refractivity contribution < 1.29 is 14.7 Å². The third-order valence-electron chi connectivity index (χ3n) is 4.22. The number of aliphatic carboxylic acids is 1. The highest BCUT2D eigenvalue weighted by molar-refractivity contribution is 7.13. The first-order valence-corrected chi connectivity index (χ1v) is 9.04. The number of hydrogen-bond acceptors (Lipinski definition) is 4. The summed E-state index contributed by atoms with van der Waals surface area (Å²) in [6, 6.07) is 7.37. The Balaban J connectivity index is 1.61. The van der Waals surface area contributed by atoms with Crippen LogP contribution >= 0.6 is 22.9 Å². The van der Waals surface area contributed by atoms with E-state index in [2.05, 4.69) is 10.3 Å². The summed E-state index contributed by atoms with van der Waals surface area (Å²) in [6.07, 6.45) is 2.58. The number of hydrogen-bond donors (Lipinski definition) is 2. The molecule has 0 bridgehead atoms. The quantitative estimate of drug-likeness (QED) is 0.863. The van der Waals surface area contributed by atoms with Crippen LogP contribution in [0.4, 0.5) is 0 Å². The third kappa shape index (κ3) is 3.94. The summed E-state index contributed by atoms with van der Waals surface area (Å²) in [6.45, 7) is 0. The molecule has 3 rings (SSSR count). The van der Waals surface area contributed by atoms with Gasteiger partial charge in [0, 0.05) is 22.0 Å². The second-order valence-electron chi connectivity index (χ2n) is 5.91. The summed E-state index contributed by atoms with van der Waals surface area (Å²) < 4.78 is 0. The smallest absolute Gasteiger partial charge is 0.306 e. The molecule has 2 aromatic rings. The van der Waals surface area contributed by atoms with Gasteiger partial charge in [-0.2, -0.15) is 0 Å². The molecular formula is C17H17ClN2O3S. The van der Waals surface area contributed by atoms with Crippen LogP contribution in [-0.2, 0) is 4.79 Å². The molecule has 1 amide bonds. The molecular weight excluding hydrogens is 348 g/mol. The van der Waals surface area contributed by atoms with Gasteiger partial charge in [0.1, 0.15) is 10.7 Å². The van der Waals surface area contributed by atoms with Crippen molar-refractivity contribution in [2.24, 2.45) is 5.92 Å². The topological polar surface area (TPSA) is 79.3 Å². The molecule has 2 N–H and O–H groups in total.